The minimum absolute atomic E-state index is 0.195. The van der Waals surface area contributed by atoms with E-state index in [1.807, 2.05) is 13.0 Å². The van der Waals surface area contributed by atoms with E-state index in [4.69, 9.17) is 4.74 Å². The van der Waals surface area contributed by atoms with Gasteiger partial charge in [0.25, 0.3) is 5.91 Å². The van der Waals surface area contributed by atoms with E-state index < -0.39 is 24.1 Å². The van der Waals surface area contributed by atoms with E-state index in [0.717, 1.165) is 6.42 Å². The lowest BCUT2D eigenvalue weighted by atomic mass is 10.0. The van der Waals surface area contributed by atoms with Crippen molar-refractivity contribution in [3.05, 3.63) is 30.3 Å². The molecule has 0 saturated carbocycles. The molecule has 0 heterocycles. The monoisotopic (exact) mass is 349 g/mol. The van der Waals surface area contributed by atoms with Crippen LogP contribution in [-0.4, -0.2) is 36.6 Å². The van der Waals surface area contributed by atoms with Gasteiger partial charge in [-0.15, -0.1) is 0 Å². The number of amides is 3. The highest BCUT2D eigenvalue weighted by Gasteiger charge is 2.28. The molecule has 0 spiro atoms. The molecule has 2 atom stereocenters. The van der Waals surface area contributed by atoms with Gasteiger partial charge < -0.3 is 20.7 Å². The maximum Gasteiger partial charge on any atom is 0.329 e. The first-order chi connectivity index (χ1) is 11.8. The van der Waals surface area contributed by atoms with E-state index in [-0.39, 0.29) is 11.8 Å². The predicted octanol–water partition coefficient (Wildman–Crippen LogP) is 2.29. The number of nitrogens with one attached hydrogen (secondary N) is 3. The van der Waals surface area contributed by atoms with Crippen LogP contribution < -0.4 is 16.0 Å². The van der Waals surface area contributed by atoms with Crippen molar-refractivity contribution in [2.75, 3.05) is 11.9 Å². The third-order valence-corrected chi connectivity index (χ3v) is 3.45. The van der Waals surface area contributed by atoms with E-state index >= 15 is 0 Å². The van der Waals surface area contributed by atoms with Crippen molar-refractivity contribution >= 4 is 23.6 Å². The number of esters is 1. The summed E-state index contributed by atoms with van der Waals surface area (Å²) in [4.78, 5) is 36.2. The fourth-order valence-electron chi connectivity index (χ4n) is 2.02. The normalized spacial score (nSPS) is 12.8. The summed E-state index contributed by atoms with van der Waals surface area (Å²) in [6.45, 7) is 7.53. The largest absolute Gasteiger partial charge is 0.451 e. The van der Waals surface area contributed by atoms with Crippen LogP contribution >= 0.6 is 0 Å². The molecule has 0 unspecified atom stereocenters. The zero-order valence-corrected chi connectivity index (χ0v) is 15.2. The van der Waals surface area contributed by atoms with Gasteiger partial charge in [-0.25, -0.2) is 9.59 Å². The second-order valence-corrected chi connectivity index (χ2v) is 6.06. The summed E-state index contributed by atoms with van der Waals surface area (Å²) in [5, 5.41) is 7.91. The molecule has 0 aliphatic heterocycles. The summed E-state index contributed by atoms with van der Waals surface area (Å²) < 4.78 is 5.19. The summed E-state index contributed by atoms with van der Waals surface area (Å²) in [7, 11) is 0. The second-order valence-electron chi connectivity index (χ2n) is 6.06. The van der Waals surface area contributed by atoms with Crippen molar-refractivity contribution in [2.24, 2.45) is 5.92 Å². The van der Waals surface area contributed by atoms with Crippen LogP contribution in [0.25, 0.3) is 0 Å². The van der Waals surface area contributed by atoms with Crippen molar-refractivity contribution < 1.29 is 19.1 Å². The maximum atomic E-state index is 12.3. The summed E-state index contributed by atoms with van der Waals surface area (Å²) in [5.74, 6) is -1.19. The van der Waals surface area contributed by atoms with Gasteiger partial charge in [0.15, 0.2) is 6.10 Å². The number of hydrogen-bond donors (Lipinski definition) is 3. The van der Waals surface area contributed by atoms with Crippen molar-refractivity contribution in [3.8, 4) is 0 Å². The topological polar surface area (TPSA) is 96.5 Å². The van der Waals surface area contributed by atoms with Crippen LogP contribution in [0.15, 0.2) is 30.3 Å². The van der Waals surface area contributed by atoms with Crippen LogP contribution in [0.2, 0.25) is 0 Å². The fraction of sp³-hybridized carbons (Fsp3) is 0.500. The van der Waals surface area contributed by atoms with Gasteiger partial charge in [0.1, 0.15) is 6.04 Å². The van der Waals surface area contributed by atoms with Crippen LogP contribution in [0, 0.1) is 5.92 Å². The minimum Gasteiger partial charge on any atom is -0.451 e. The molecule has 0 bridgehead atoms. The quantitative estimate of drug-likeness (QED) is 0.627. The molecule has 7 nitrogen and oxygen atoms in total. The molecule has 1 aromatic carbocycles. The van der Waals surface area contributed by atoms with Gasteiger partial charge in [-0.2, -0.15) is 0 Å². The van der Waals surface area contributed by atoms with Crippen LogP contribution in [0.4, 0.5) is 10.5 Å². The zero-order chi connectivity index (χ0) is 18.8. The number of carbonyl (C=O) groups excluding carboxylic acids is 3. The minimum atomic E-state index is -0.917. The summed E-state index contributed by atoms with van der Waals surface area (Å²) in [6, 6.07) is 7.53. The summed E-state index contributed by atoms with van der Waals surface area (Å²) in [6.07, 6.45) is -0.123. The lowest BCUT2D eigenvalue weighted by Gasteiger charge is -2.23. The summed E-state index contributed by atoms with van der Waals surface area (Å²) >= 11 is 0. The Bertz CT molecular complexity index is 575. The van der Waals surface area contributed by atoms with Gasteiger partial charge in [0.05, 0.1) is 0 Å². The van der Waals surface area contributed by atoms with Crippen molar-refractivity contribution in [1.29, 1.82) is 0 Å². The second kappa shape index (κ2) is 10.3. The first-order valence-corrected chi connectivity index (χ1v) is 8.45. The lowest BCUT2D eigenvalue weighted by Crippen LogP contribution is -2.49. The Morgan fingerprint density at radius 1 is 1.08 bits per heavy atom. The van der Waals surface area contributed by atoms with Gasteiger partial charge >= 0.3 is 12.0 Å². The number of urea groups is 1. The molecule has 1 rings (SSSR count). The first kappa shape index (κ1) is 20.5. The van der Waals surface area contributed by atoms with Gasteiger partial charge in [-0.05, 0) is 31.4 Å². The standard InChI is InChI=1S/C18H27N3O4/c1-5-11-19-16(22)13(4)25-17(23)15(12(2)3)21-18(24)20-14-9-7-6-8-10-14/h6-10,12-13,15H,5,11H2,1-4H3,(H,19,22)(H2,20,21,24)/t13-,15-/m1/s1. The van der Waals surface area contributed by atoms with Gasteiger partial charge in [0, 0.05) is 12.2 Å². The van der Waals surface area contributed by atoms with Gasteiger partial charge in [-0.1, -0.05) is 39.0 Å². The molecule has 0 aliphatic carbocycles. The number of ether oxygens (including phenoxy) is 1. The van der Waals surface area contributed by atoms with Crippen molar-refractivity contribution in [3.63, 3.8) is 0 Å². The van der Waals surface area contributed by atoms with Gasteiger partial charge in [0.2, 0.25) is 0 Å². The van der Waals surface area contributed by atoms with Crippen LogP contribution in [-0.2, 0) is 14.3 Å². The number of carbonyl (C=O) groups is 3. The molecule has 0 aromatic heterocycles. The van der Waals surface area contributed by atoms with Crippen LogP contribution in [0.5, 0.6) is 0 Å². The smallest absolute Gasteiger partial charge is 0.329 e. The van der Waals surface area contributed by atoms with E-state index in [0.29, 0.717) is 12.2 Å². The number of benzene rings is 1. The Kier molecular flexibility index (Phi) is 8.46. The molecule has 0 aliphatic rings. The Balaban J connectivity index is 2.61. The molecule has 0 fully saturated rings. The molecular weight excluding hydrogens is 322 g/mol. The highest BCUT2D eigenvalue weighted by Crippen LogP contribution is 2.08. The molecule has 7 heteroatoms. The number of hydrogen-bond acceptors (Lipinski definition) is 4. The Hall–Kier alpha value is -2.57. The van der Waals surface area contributed by atoms with Gasteiger partial charge in [-0.3, -0.25) is 4.79 Å². The number of para-hydroxylation sites is 1. The first-order valence-electron chi connectivity index (χ1n) is 8.45. The molecule has 138 valence electrons. The fourth-order valence-corrected chi connectivity index (χ4v) is 2.02. The van der Waals surface area contributed by atoms with Crippen LogP contribution in [0.1, 0.15) is 34.1 Å². The zero-order valence-electron chi connectivity index (χ0n) is 15.2. The molecule has 25 heavy (non-hydrogen) atoms. The molecular formula is C18H27N3O4. The molecule has 0 saturated heterocycles. The van der Waals surface area contributed by atoms with E-state index in [2.05, 4.69) is 16.0 Å². The van der Waals surface area contributed by atoms with Crippen molar-refractivity contribution in [1.82, 2.24) is 10.6 Å². The Morgan fingerprint density at radius 2 is 1.72 bits per heavy atom. The van der Waals surface area contributed by atoms with E-state index in [1.54, 1.807) is 38.1 Å². The SMILES string of the molecule is CCCNC(=O)[C@@H](C)OC(=O)[C@H](NC(=O)Nc1ccccc1)C(C)C. The molecule has 1 aromatic rings. The Labute approximate surface area is 148 Å². The van der Waals surface area contributed by atoms with Crippen molar-refractivity contribution in [2.45, 2.75) is 46.3 Å². The highest BCUT2D eigenvalue weighted by atomic mass is 16.5. The number of rotatable bonds is 8. The average molecular weight is 349 g/mol. The molecule has 3 N–H and O–H groups in total. The number of anilines is 1. The molecule has 3 amide bonds. The maximum absolute atomic E-state index is 12.3. The highest BCUT2D eigenvalue weighted by molar-refractivity contribution is 5.93. The third kappa shape index (κ3) is 7.24. The van der Waals surface area contributed by atoms with E-state index in [9.17, 15) is 14.4 Å². The lowest BCUT2D eigenvalue weighted by molar-refractivity contribution is -0.157. The van der Waals surface area contributed by atoms with E-state index in [1.165, 1.54) is 6.92 Å². The van der Waals surface area contributed by atoms with Crippen LogP contribution in [0.3, 0.4) is 0 Å². The Morgan fingerprint density at radius 3 is 2.28 bits per heavy atom. The summed E-state index contributed by atoms with van der Waals surface area (Å²) in [5.41, 5.74) is 0.614. The third-order valence-electron chi connectivity index (χ3n) is 3.45. The molecule has 0 radical (unpaired) electrons. The average Bonchev–Trinajstić information content (AvgIpc) is 2.57. The predicted molar refractivity (Wildman–Crippen MR) is 96.1 cm³/mol.